The number of aliphatic hydroxyl groups excluding tert-OH is 1. The van der Waals surface area contributed by atoms with Crippen LogP contribution in [0.3, 0.4) is 0 Å². The van der Waals surface area contributed by atoms with Crippen molar-refractivity contribution < 1.29 is 18.3 Å². The van der Waals surface area contributed by atoms with Crippen LogP contribution in [0.2, 0.25) is 0 Å². The number of hydrogen-bond acceptors (Lipinski definition) is 2. The van der Waals surface area contributed by atoms with Gasteiger partial charge in [0.2, 0.25) is 0 Å². The first-order chi connectivity index (χ1) is 8.58. The van der Waals surface area contributed by atoms with Crippen molar-refractivity contribution in [3.8, 4) is 0 Å². The summed E-state index contributed by atoms with van der Waals surface area (Å²) in [6, 6.07) is 0. The molecule has 0 amide bonds. The van der Waals surface area contributed by atoms with Gasteiger partial charge in [0.15, 0.2) is 0 Å². The highest BCUT2D eigenvalue weighted by atomic mass is 19.4. The second kappa shape index (κ2) is 6.00. The largest absolute Gasteiger partial charge is 0.401 e. The van der Waals surface area contributed by atoms with E-state index in [0.717, 1.165) is 19.3 Å². The van der Waals surface area contributed by atoms with Gasteiger partial charge in [-0.1, -0.05) is 27.2 Å². The maximum Gasteiger partial charge on any atom is 0.401 e. The monoisotopic (exact) mass is 281 g/mol. The predicted molar refractivity (Wildman–Crippen MR) is 69.9 cm³/mol. The first-order valence-corrected chi connectivity index (χ1v) is 7.01. The van der Waals surface area contributed by atoms with E-state index in [9.17, 15) is 18.3 Å². The lowest BCUT2D eigenvalue weighted by molar-refractivity contribution is -0.130. The molecule has 1 fully saturated rings. The first kappa shape index (κ1) is 16.8. The summed E-state index contributed by atoms with van der Waals surface area (Å²) >= 11 is 0. The zero-order chi connectivity index (χ0) is 14.7. The normalized spacial score (nSPS) is 30.2. The molecule has 5 heteroatoms. The van der Waals surface area contributed by atoms with Crippen LogP contribution in [0.15, 0.2) is 0 Å². The van der Waals surface area contributed by atoms with E-state index < -0.39 is 18.3 Å². The summed E-state index contributed by atoms with van der Waals surface area (Å²) in [7, 11) is 0. The molecular formula is C14H26F3NO. The van der Waals surface area contributed by atoms with Crippen LogP contribution < -0.4 is 5.32 Å². The van der Waals surface area contributed by atoms with E-state index in [0.29, 0.717) is 18.8 Å². The lowest BCUT2D eigenvalue weighted by Crippen LogP contribution is -2.51. The average Bonchev–Trinajstić information content (AvgIpc) is 2.48. The summed E-state index contributed by atoms with van der Waals surface area (Å²) in [6.45, 7) is 5.28. The molecule has 2 N–H and O–H groups in total. The third kappa shape index (κ3) is 5.30. The fourth-order valence-electron chi connectivity index (χ4n) is 2.95. The molecule has 1 rings (SSSR count). The molecule has 2 nitrogen and oxygen atoms in total. The lowest BCUT2D eigenvalue weighted by Gasteiger charge is -2.34. The zero-order valence-electron chi connectivity index (χ0n) is 12.1. The van der Waals surface area contributed by atoms with E-state index in [2.05, 4.69) is 26.1 Å². The highest BCUT2D eigenvalue weighted by Gasteiger charge is 2.38. The van der Waals surface area contributed by atoms with Crippen molar-refractivity contribution in [2.45, 2.75) is 64.6 Å². The number of hydrogen-bond donors (Lipinski definition) is 2. The average molecular weight is 281 g/mol. The van der Waals surface area contributed by atoms with Crippen molar-refractivity contribution >= 4 is 0 Å². The fourth-order valence-corrected chi connectivity index (χ4v) is 2.95. The number of rotatable bonds is 3. The molecule has 1 aliphatic carbocycles. The zero-order valence-corrected chi connectivity index (χ0v) is 12.1. The molecule has 2 atom stereocenters. The van der Waals surface area contributed by atoms with Crippen molar-refractivity contribution in [1.82, 2.24) is 5.32 Å². The Hall–Kier alpha value is -0.290. The molecule has 0 radical (unpaired) electrons. The van der Waals surface area contributed by atoms with E-state index in [1.165, 1.54) is 0 Å². The van der Waals surface area contributed by atoms with Gasteiger partial charge in [-0.25, -0.2) is 0 Å². The minimum absolute atomic E-state index is 0.176. The molecule has 114 valence electrons. The van der Waals surface area contributed by atoms with Gasteiger partial charge in [-0.3, -0.25) is 0 Å². The third-order valence-corrected chi connectivity index (χ3v) is 4.37. The van der Waals surface area contributed by atoms with Crippen LogP contribution in [0.25, 0.3) is 0 Å². The molecule has 0 heterocycles. The minimum Gasteiger partial charge on any atom is -0.394 e. The molecule has 0 aromatic carbocycles. The van der Waals surface area contributed by atoms with Crippen LogP contribution in [-0.2, 0) is 0 Å². The maximum absolute atomic E-state index is 12.3. The van der Waals surface area contributed by atoms with Crippen molar-refractivity contribution in [1.29, 1.82) is 0 Å². The molecule has 1 aliphatic rings. The minimum atomic E-state index is -4.22. The Balaban J connectivity index is 2.65. The Morgan fingerprint density at radius 1 is 1.16 bits per heavy atom. The molecule has 0 spiro atoms. The highest BCUT2D eigenvalue weighted by Crippen LogP contribution is 2.39. The molecular weight excluding hydrogens is 255 g/mol. The van der Waals surface area contributed by atoms with E-state index in [1.54, 1.807) is 0 Å². The van der Waals surface area contributed by atoms with Crippen LogP contribution in [0.5, 0.6) is 0 Å². The first-order valence-electron chi connectivity index (χ1n) is 7.01. The van der Waals surface area contributed by atoms with Gasteiger partial charge in [0.25, 0.3) is 0 Å². The summed E-state index contributed by atoms with van der Waals surface area (Å²) in [6.07, 6.45) is -0.229. The second-order valence-electron chi connectivity index (χ2n) is 6.90. The summed E-state index contributed by atoms with van der Waals surface area (Å²) in [5, 5.41) is 12.1. The van der Waals surface area contributed by atoms with E-state index >= 15 is 0 Å². The van der Waals surface area contributed by atoms with Crippen LogP contribution >= 0.6 is 0 Å². The number of aliphatic hydroxyl groups is 1. The fraction of sp³-hybridized carbons (Fsp3) is 1.00. The SMILES string of the molecule is CC(C)(C)C1CCCC(CO)(NCC(F)(F)F)CC1. The van der Waals surface area contributed by atoms with Gasteiger partial charge >= 0.3 is 6.18 Å². The van der Waals surface area contributed by atoms with Crippen molar-refractivity contribution in [3.05, 3.63) is 0 Å². The molecule has 19 heavy (non-hydrogen) atoms. The van der Waals surface area contributed by atoms with Crippen LogP contribution in [0, 0.1) is 11.3 Å². The summed E-state index contributed by atoms with van der Waals surface area (Å²) in [4.78, 5) is 0. The van der Waals surface area contributed by atoms with Gasteiger partial charge in [-0.2, -0.15) is 13.2 Å². The highest BCUT2D eigenvalue weighted by molar-refractivity contribution is 4.93. The quantitative estimate of drug-likeness (QED) is 0.776. The number of alkyl halides is 3. The standard InChI is InChI=1S/C14H26F3NO/c1-12(2,3)11-5-4-7-13(10-19,8-6-11)18-9-14(15,16)17/h11,18-19H,4-10H2,1-3H3. The molecule has 0 saturated heterocycles. The predicted octanol–water partition coefficient (Wildman–Crippen LogP) is 3.50. The van der Waals surface area contributed by atoms with Gasteiger partial charge in [0.1, 0.15) is 0 Å². The molecule has 2 unspecified atom stereocenters. The van der Waals surface area contributed by atoms with Crippen LogP contribution in [-0.4, -0.2) is 30.0 Å². The van der Waals surface area contributed by atoms with Crippen molar-refractivity contribution in [2.24, 2.45) is 11.3 Å². The Labute approximate surface area is 113 Å². The topological polar surface area (TPSA) is 32.3 Å². The third-order valence-electron chi connectivity index (χ3n) is 4.37. The number of halogens is 3. The van der Waals surface area contributed by atoms with Gasteiger partial charge in [0.05, 0.1) is 13.2 Å². The molecule has 0 aromatic heterocycles. The van der Waals surface area contributed by atoms with E-state index in [4.69, 9.17) is 0 Å². The summed E-state index contributed by atoms with van der Waals surface area (Å²) < 4.78 is 37.0. The molecule has 0 bridgehead atoms. The van der Waals surface area contributed by atoms with Crippen LogP contribution in [0.4, 0.5) is 13.2 Å². The Bertz CT molecular complexity index is 285. The summed E-state index contributed by atoms with van der Waals surface area (Å²) in [5.74, 6) is 0.508. The molecule has 0 aromatic rings. The molecule has 1 saturated carbocycles. The maximum atomic E-state index is 12.3. The smallest absolute Gasteiger partial charge is 0.394 e. The van der Waals surface area contributed by atoms with Crippen LogP contribution in [0.1, 0.15) is 52.9 Å². The van der Waals surface area contributed by atoms with Gasteiger partial charge in [-0.05, 0) is 37.0 Å². The number of nitrogens with one attached hydrogen (secondary N) is 1. The van der Waals surface area contributed by atoms with Crippen molar-refractivity contribution in [2.75, 3.05) is 13.2 Å². The Kier molecular flexibility index (Phi) is 5.29. The van der Waals surface area contributed by atoms with Gasteiger partial charge < -0.3 is 10.4 Å². The van der Waals surface area contributed by atoms with Crippen molar-refractivity contribution in [3.63, 3.8) is 0 Å². The Morgan fingerprint density at radius 3 is 2.26 bits per heavy atom. The van der Waals surface area contributed by atoms with E-state index in [-0.39, 0.29) is 12.0 Å². The van der Waals surface area contributed by atoms with Gasteiger partial charge in [-0.15, -0.1) is 0 Å². The summed E-state index contributed by atoms with van der Waals surface area (Å²) in [5.41, 5.74) is -0.578. The molecule has 0 aliphatic heterocycles. The van der Waals surface area contributed by atoms with Gasteiger partial charge in [0, 0.05) is 5.54 Å². The lowest BCUT2D eigenvalue weighted by atomic mass is 9.76. The van der Waals surface area contributed by atoms with E-state index in [1.807, 2.05) is 0 Å². The second-order valence-corrected chi connectivity index (χ2v) is 6.90. The Morgan fingerprint density at radius 2 is 1.79 bits per heavy atom.